The van der Waals surface area contributed by atoms with E-state index in [1.165, 1.54) is 11.1 Å². The summed E-state index contributed by atoms with van der Waals surface area (Å²) in [6, 6.07) is 7.73. The van der Waals surface area contributed by atoms with Crippen LogP contribution in [0.5, 0.6) is 34.5 Å². The normalized spacial score (nSPS) is 13.5. The van der Waals surface area contributed by atoms with Gasteiger partial charge in [-0.1, -0.05) is 36.5 Å². The van der Waals surface area contributed by atoms with Gasteiger partial charge in [0.2, 0.25) is 11.5 Å². The molecule has 0 aromatic heterocycles. The van der Waals surface area contributed by atoms with Crippen LogP contribution in [0.4, 0.5) is 0 Å². The summed E-state index contributed by atoms with van der Waals surface area (Å²) in [7, 11) is 9.67. The van der Waals surface area contributed by atoms with Crippen molar-refractivity contribution in [3.05, 3.63) is 70.8 Å². The number of methoxy groups -OCH3 is 6. The van der Waals surface area contributed by atoms with E-state index in [9.17, 15) is 0 Å². The molecule has 6 nitrogen and oxygen atoms in total. The summed E-state index contributed by atoms with van der Waals surface area (Å²) in [4.78, 5) is 0. The lowest BCUT2D eigenvalue weighted by molar-refractivity contribution is 0.324. The van der Waals surface area contributed by atoms with Gasteiger partial charge in [0, 0.05) is 0 Å². The highest BCUT2D eigenvalue weighted by atomic mass is 16.5. The molecule has 0 saturated carbocycles. The van der Waals surface area contributed by atoms with Crippen molar-refractivity contribution in [2.45, 2.75) is 12.8 Å². The number of hydrogen-bond donors (Lipinski definition) is 0. The second kappa shape index (κ2) is 11.9. The molecule has 0 heterocycles. The van der Waals surface area contributed by atoms with Crippen LogP contribution >= 0.6 is 0 Å². The van der Waals surface area contributed by atoms with Crippen molar-refractivity contribution in [1.29, 1.82) is 0 Å². The maximum Gasteiger partial charge on any atom is 0.203 e. The zero-order chi connectivity index (χ0) is 24.5. The first-order chi connectivity index (χ1) is 16.6. The highest BCUT2D eigenvalue weighted by molar-refractivity contribution is 5.65. The van der Waals surface area contributed by atoms with Crippen LogP contribution in [0.2, 0.25) is 0 Å². The summed E-state index contributed by atoms with van der Waals surface area (Å²) >= 11 is 0. The molecule has 0 aliphatic heterocycles. The first-order valence-corrected chi connectivity index (χ1v) is 10.9. The monoisotopic (exact) mass is 464 g/mol. The predicted octanol–water partition coefficient (Wildman–Crippen LogP) is 6.11. The lowest BCUT2D eigenvalue weighted by atomic mass is 9.96. The van der Waals surface area contributed by atoms with Gasteiger partial charge < -0.3 is 28.4 Å². The maximum atomic E-state index is 5.44. The van der Waals surface area contributed by atoms with E-state index in [2.05, 4.69) is 36.5 Å². The molecule has 2 aromatic rings. The van der Waals surface area contributed by atoms with Crippen molar-refractivity contribution in [2.75, 3.05) is 42.7 Å². The molecule has 0 fully saturated rings. The van der Waals surface area contributed by atoms with Gasteiger partial charge in [0.15, 0.2) is 23.0 Å². The zero-order valence-corrected chi connectivity index (χ0v) is 20.6. The molecule has 0 spiro atoms. The van der Waals surface area contributed by atoms with Crippen LogP contribution < -0.4 is 28.4 Å². The van der Waals surface area contributed by atoms with Gasteiger partial charge in [-0.15, -0.1) is 0 Å². The van der Waals surface area contributed by atoms with Crippen LogP contribution in [0.1, 0.15) is 24.0 Å². The van der Waals surface area contributed by atoms with Gasteiger partial charge in [0.1, 0.15) is 0 Å². The number of rotatable bonds is 10. The van der Waals surface area contributed by atoms with Gasteiger partial charge in [-0.25, -0.2) is 0 Å². The van der Waals surface area contributed by atoms with E-state index < -0.39 is 0 Å². The minimum absolute atomic E-state index is 0.588. The van der Waals surface area contributed by atoms with Crippen LogP contribution in [0.3, 0.4) is 0 Å². The third kappa shape index (κ3) is 5.76. The largest absolute Gasteiger partial charge is 0.493 e. The van der Waals surface area contributed by atoms with E-state index in [-0.39, 0.29) is 0 Å². The highest BCUT2D eigenvalue weighted by Crippen LogP contribution is 2.39. The molecule has 1 aliphatic carbocycles. The Morgan fingerprint density at radius 1 is 0.471 bits per heavy atom. The average molecular weight is 465 g/mol. The molecule has 6 heteroatoms. The summed E-state index contributed by atoms with van der Waals surface area (Å²) < 4.78 is 32.5. The van der Waals surface area contributed by atoms with Gasteiger partial charge in [-0.05, 0) is 59.4 Å². The summed E-state index contributed by atoms with van der Waals surface area (Å²) in [5, 5.41) is 0. The lowest BCUT2D eigenvalue weighted by Crippen LogP contribution is -1.96. The molecular weight excluding hydrogens is 432 g/mol. The predicted molar refractivity (Wildman–Crippen MR) is 136 cm³/mol. The first kappa shape index (κ1) is 24.8. The fourth-order valence-corrected chi connectivity index (χ4v) is 3.75. The van der Waals surface area contributed by atoms with Crippen molar-refractivity contribution >= 4 is 12.2 Å². The number of allylic oxidation sites excluding steroid dienone is 6. The SMILES string of the molecule is COc1cc(/C=C/C2=CC=C(/C=C/c3cc(OC)c(OC)c(OC)c3)CC2)cc(OC)c1OC. The highest BCUT2D eigenvalue weighted by Gasteiger charge is 2.13. The molecule has 0 bridgehead atoms. The maximum absolute atomic E-state index is 5.44. The third-order valence-electron chi connectivity index (χ3n) is 5.57. The van der Waals surface area contributed by atoms with Gasteiger partial charge in [0.25, 0.3) is 0 Å². The Morgan fingerprint density at radius 2 is 0.794 bits per heavy atom. The number of ether oxygens (including phenoxy) is 6. The first-order valence-electron chi connectivity index (χ1n) is 10.9. The summed E-state index contributed by atoms with van der Waals surface area (Å²) in [6.45, 7) is 0. The summed E-state index contributed by atoms with van der Waals surface area (Å²) in [5.41, 5.74) is 4.46. The Labute approximate surface area is 201 Å². The molecule has 3 rings (SSSR count). The Morgan fingerprint density at radius 3 is 1.03 bits per heavy atom. The fraction of sp³-hybridized carbons (Fsp3) is 0.286. The lowest BCUT2D eigenvalue weighted by Gasteiger charge is -2.13. The van der Waals surface area contributed by atoms with Crippen LogP contribution in [0.15, 0.2) is 59.7 Å². The van der Waals surface area contributed by atoms with Crippen LogP contribution in [-0.2, 0) is 0 Å². The van der Waals surface area contributed by atoms with E-state index in [1.807, 2.05) is 24.3 Å². The van der Waals surface area contributed by atoms with Crippen molar-refractivity contribution < 1.29 is 28.4 Å². The van der Waals surface area contributed by atoms with Crippen LogP contribution in [0.25, 0.3) is 12.2 Å². The molecule has 180 valence electrons. The Balaban J connectivity index is 1.75. The Hall–Kier alpha value is -3.80. The average Bonchev–Trinajstić information content (AvgIpc) is 2.89. The third-order valence-corrected chi connectivity index (χ3v) is 5.57. The second-order valence-electron chi connectivity index (χ2n) is 7.57. The van der Waals surface area contributed by atoms with Crippen molar-refractivity contribution in [3.63, 3.8) is 0 Å². The molecule has 2 aromatic carbocycles. The fourth-order valence-electron chi connectivity index (χ4n) is 3.75. The number of benzene rings is 2. The molecule has 0 unspecified atom stereocenters. The number of hydrogen-bond acceptors (Lipinski definition) is 6. The smallest absolute Gasteiger partial charge is 0.203 e. The minimum atomic E-state index is 0.588. The van der Waals surface area contributed by atoms with Gasteiger partial charge in [-0.2, -0.15) is 0 Å². The van der Waals surface area contributed by atoms with Crippen molar-refractivity contribution in [1.82, 2.24) is 0 Å². The molecule has 1 aliphatic rings. The topological polar surface area (TPSA) is 55.4 Å². The van der Waals surface area contributed by atoms with Crippen molar-refractivity contribution in [3.8, 4) is 34.5 Å². The van der Waals surface area contributed by atoms with Gasteiger partial charge >= 0.3 is 0 Å². The molecule has 0 radical (unpaired) electrons. The molecule has 0 amide bonds. The molecule has 0 N–H and O–H groups in total. The van der Waals surface area contributed by atoms with Crippen molar-refractivity contribution in [2.24, 2.45) is 0 Å². The quantitative estimate of drug-likeness (QED) is 0.423. The minimum Gasteiger partial charge on any atom is -0.493 e. The molecular formula is C28H32O6. The van der Waals surface area contributed by atoms with E-state index in [1.54, 1.807) is 42.7 Å². The molecule has 0 saturated heterocycles. The molecule has 0 atom stereocenters. The summed E-state index contributed by atoms with van der Waals surface area (Å²) in [5.74, 6) is 3.73. The van der Waals surface area contributed by atoms with E-state index in [0.717, 1.165) is 24.0 Å². The van der Waals surface area contributed by atoms with Gasteiger partial charge in [-0.3, -0.25) is 0 Å². The summed E-state index contributed by atoms with van der Waals surface area (Å²) in [6.07, 6.45) is 14.5. The van der Waals surface area contributed by atoms with E-state index in [0.29, 0.717) is 34.5 Å². The van der Waals surface area contributed by atoms with Crippen LogP contribution in [0, 0.1) is 0 Å². The Kier molecular flexibility index (Phi) is 8.68. The molecule has 34 heavy (non-hydrogen) atoms. The van der Waals surface area contributed by atoms with E-state index in [4.69, 9.17) is 28.4 Å². The van der Waals surface area contributed by atoms with Gasteiger partial charge in [0.05, 0.1) is 42.7 Å². The standard InChI is InChI=1S/C28H32O6/c1-29-23-15-21(16-24(30-2)27(23)33-5)13-11-19-7-9-20(10-8-19)12-14-22-17-25(31-3)28(34-6)26(18-22)32-4/h7,9,11-18H,8,10H2,1-6H3/b13-11+,14-12+. The van der Waals surface area contributed by atoms with Crippen LogP contribution in [-0.4, -0.2) is 42.7 Å². The zero-order valence-electron chi connectivity index (χ0n) is 20.6. The Bertz CT molecular complexity index is 984. The second-order valence-corrected chi connectivity index (χ2v) is 7.57. The van der Waals surface area contributed by atoms with E-state index >= 15 is 0 Å².